The van der Waals surface area contributed by atoms with Gasteiger partial charge in [-0.25, -0.2) is 9.79 Å². The number of amides is 3. The molecule has 1 N–H and O–H groups in total. The molecule has 0 aromatic heterocycles. The van der Waals surface area contributed by atoms with Gasteiger partial charge in [0.05, 0.1) is 7.11 Å². The first-order valence-corrected chi connectivity index (χ1v) is 8.80. The molecular weight excluding hydrogens is 332 g/mol. The number of nitrogens with one attached hydrogen (secondary N) is 1. The van der Waals surface area contributed by atoms with Gasteiger partial charge in [0.2, 0.25) is 0 Å². The van der Waals surface area contributed by atoms with Crippen molar-refractivity contribution in [1.29, 1.82) is 0 Å². The number of rotatable bonds is 5. The number of methoxy groups -OCH3 is 1. The van der Waals surface area contributed by atoms with Gasteiger partial charge in [0.1, 0.15) is 5.25 Å². The first-order valence-electron chi connectivity index (χ1n) is 7.92. The van der Waals surface area contributed by atoms with Crippen LogP contribution in [0.3, 0.4) is 0 Å². The number of likely N-dealkylation sites (N-methyl/N-ethyl adjacent to an activating group) is 1. The zero-order valence-electron chi connectivity index (χ0n) is 14.6. The van der Waals surface area contributed by atoms with Gasteiger partial charge in [-0.1, -0.05) is 25.6 Å². The Bertz CT molecular complexity index is 566. The number of nitrogens with zero attached hydrogens (tertiary/aromatic N) is 3. The summed E-state index contributed by atoms with van der Waals surface area (Å²) >= 11 is 1.25. The Morgan fingerprint density at radius 3 is 2.62 bits per heavy atom. The van der Waals surface area contributed by atoms with Crippen molar-refractivity contribution in [2.75, 3.05) is 20.7 Å². The lowest BCUT2D eigenvalue weighted by atomic mass is 10.1. The van der Waals surface area contributed by atoms with Gasteiger partial charge in [-0.2, -0.15) is 0 Å². The summed E-state index contributed by atoms with van der Waals surface area (Å²) in [7, 11) is 2.95. The minimum Gasteiger partial charge on any atom is -0.468 e. The fraction of sp³-hybridized carbons (Fsp3) is 0.733. The van der Waals surface area contributed by atoms with Crippen molar-refractivity contribution in [2.45, 2.75) is 44.6 Å². The van der Waals surface area contributed by atoms with Gasteiger partial charge in [-0.3, -0.25) is 14.9 Å². The van der Waals surface area contributed by atoms with Crippen LogP contribution in [0, 0.1) is 5.92 Å². The molecule has 0 aromatic rings. The van der Waals surface area contributed by atoms with Gasteiger partial charge < -0.3 is 14.5 Å². The summed E-state index contributed by atoms with van der Waals surface area (Å²) in [6, 6.07) is -1.01. The number of fused-ring (bicyclic) bond motifs is 1. The average molecular weight is 356 g/mol. The summed E-state index contributed by atoms with van der Waals surface area (Å²) in [6.07, 6.45) is 0.311. The molecule has 3 atom stereocenters. The van der Waals surface area contributed by atoms with Crippen LogP contribution in [0.25, 0.3) is 0 Å². The number of carbonyl (C=O) groups is 3. The van der Waals surface area contributed by atoms with Crippen molar-refractivity contribution >= 4 is 34.8 Å². The van der Waals surface area contributed by atoms with E-state index in [4.69, 9.17) is 4.74 Å². The number of esters is 1. The highest BCUT2D eigenvalue weighted by Crippen LogP contribution is 2.31. The van der Waals surface area contributed by atoms with Crippen molar-refractivity contribution in [2.24, 2.45) is 10.9 Å². The molecular formula is C15H24N4O4S. The van der Waals surface area contributed by atoms with Gasteiger partial charge in [-0.15, -0.1) is 0 Å². The highest BCUT2D eigenvalue weighted by molar-refractivity contribution is 8.14. The first kappa shape index (κ1) is 18.6. The Morgan fingerprint density at radius 1 is 1.38 bits per heavy atom. The fourth-order valence-electron chi connectivity index (χ4n) is 2.60. The van der Waals surface area contributed by atoms with E-state index in [1.54, 1.807) is 14.0 Å². The van der Waals surface area contributed by atoms with Crippen LogP contribution < -0.4 is 5.32 Å². The van der Waals surface area contributed by atoms with E-state index in [1.165, 1.54) is 23.8 Å². The van der Waals surface area contributed by atoms with Crippen molar-refractivity contribution in [1.82, 2.24) is 15.1 Å². The first-order chi connectivity index (χ1) is 11.3. The minimum atomic E-state index is -0.564. The molecule has 9 heteroatoms. The summed E-state index contributed by atoms with van der Waals surface area (Å²) in [5.74, 6) is -0.244. The van der Waals surface area contributed by atoms with Crippen LogP contribution >= 0.6 is 11.8 Å². The maximum absolute atomic E-state index is 12.3. The predicted molar refractivity (Wildman–Crippen MR) is 91.5 cm³/mol. The lowest BCUT2D eigenvalue weighted by molar-refractivity contribution is -0.139. The quantitative estimate of drug-likeness (QED) is 0.735. The molecule has 8 nitrogen and oxygen atoms in total. The van der Waals surface area contributed by atoms with E-state index in [0.29, 0.717) is 17.6 Å². The van der Waals surface area contributed by atoms with E-state index in [2.05, 4.69) is 24.2 Å². The van der Waals surface area contributed by atoms with Crippen LogP contribution in [0.1, 0.15) is 27.2 Å². The lowest BCUT2D eigenvalue weighted by Gasteiger charge is -2.36. The van der Waals surface area contributed by atoms with E-state index in [0.717, 1.165) is 6.42 Å². The second-order valence-corrected chi connectivity index (χ2v) is 7.64. The molecule has 3 unspecified atom stereocenters. The van der Waals surface area contributed by atoms with E-state index < -0.39 is 23.5 Å². The number of imide groups is 1. The zero-order chi connectivity index (χ0) is 18.0. The van der Waals surface area contributed by atoms with Gasteiger partial charge >= 0.3 is 12.0 Å². The summed E-state index contributed by atoms with van der Waals surface area (Å²) in [5, 5.41) is 2.51. The van der Waals surface area contributed by atoms with Crippen LogP contribution in [0.5, 0.6) is 0 Å². The molecule has 0 radical (unpaired) electrons. The number of ether oxygens (including phenoxy) is 1. The third-order valence-corrected chi connectivity index (χ3v) is 5.18. The number of aliphatic imine (C=N–C) groups is 1. The molecule has 0 aliphatic carbocycles. The maximum atomic E-state index is 12.3. The Hall–Kier alpha value is -1.77. The molecule has 0 saturated carbocycles. The van der Waals surface area contributed by atoms with Gasteiger partial charge in [0, 0.05) is 13.6 Å². The number of hydrogen-bond donors (Lipinski definition) is 1. The van der Waals surface area contributed by atoms with Crippen molar-refractivity contribution in [3.63, 3.8) is 0 Å². The summed E-state index contributed by atoms with van der Waals surface area (Å²) < 4.78 is 4.76. The van der Waals surface area contributed by atoms with Crippen molar-refractivity contribution in [3.8, 4) is 0 Å². The molecule has 2 aliphatic heterocycles. The van der Waals surface area contributed by atoms with E-state index >= 15 is 0 Å². The van der Waals surface area contributed by atoms with Crippen molar-refractivity contribution in [3.05, 3.63) is 0 Å². The third kappa shape index (κ3) is 3.66. The second-order valence-electron chi connectivity index (χ2n) is 6.33. The third-order valence-electron chi connectivity index (χ3n) is 4.09. The van der Waals surface area contributed by atoms with Gasteiger partial charge in [0.15, 0.2) is 17.4 Å². The van der Waals surface area contributed by atoms with Crippen LogP contribution in [0.15, 0.2) is 4.99 Å². The monoisotopic (exact) mass is 356 g/mol. The Morgan fingerprint density at radius 2 is 2.04 bits per heavy atom. The Labute approximate surface area is 146 Å². The maximum Gasteiger partial charge on any atom is 0.325 e. The largest absolute Gasteiger partial charge is 0.468 e. The van der Waals surface area contributed by atoms with Crippen molar-refractivity contribution < 1.29 is 19.1 Å². The molecule has 1 fully saturated rings. The standard InChI is InChI=1S/C15H24N4O4S/c1-8(2)6-7-19-10-11(18(4)14(22)17-12(10)20)16-15(19)24-9(3)13(21)23-5/h8-11H,6-7H2,1-5H3,(H,17,20,22). The molecule has 2 rings (SSSR count). The zero-order valence-corrected chi connectivity index (χ0v) is 15.4. The Balaban J connectivity index is 2.25. The summed E-state index contributed by atoms with van der Waals surface area (Å²) in [5.41, 5.74) is 0. The number of amidine groups is 1. The van der Waals surface area contributed by atoms with Crippen LogP contribution in [-0.4, -0.2) is 71.0 Å². The predicted octanol–water partition coefficient (Wildman–Crippen LogP) is 0.875. The molecule has 0 aromatic carbocycles. The van der Waals surface area contributed by atoms with Crippen LogP contribution in [0.4, 0.5) is 4.79 Å². The van der Waals surface area contributed by atoms with Gasteiger partial charge in [-0.05, 0) is 19.3 Å². The molecule has 2 heterocycles. The van der Waals surface area contributed by atoms with E-state index in [-0.39, 0.29) is 11.9 Å². The van der Waals surface area contributed by atoms with Crippen LogP contribution in [-0.2, 0) is 14.3 Å². The highest BCUT2D eigenvalue weighted by Gasteiger charge is 2.48. The number of hydrogen-bond acceptors (Lipinski definition) is 7. The summed E-state index contributed by atoms with van der Waals surface area (Å²) in [4.78, 5) is 43.7. The molecule has 134 valence electrons. The fourth-order valence-corrected chi connectivity index (χ4v) is 3.62. The smallest absolute Gasteiger partial charge is 0.325 e. The van der Waals surface area contributed by atoms with Gasteiger partial charge in [0.25, 0.3) is 5.91 Å². The number of urea groups is 1. The SMILES string of the molecule is COC(=O)C(C)SC1=NC2C(C(=O)NC(=O)N2C)N1CCC(C)C. The van der Waals surface area contributed by atoms with E-state index in [9.17, 15) is 14.4 Å². The number of thioether (sulfide) groups is 1. The molecule has 2 aliphatic rings. The molecule has 0 spiro atoms. The minimum absolute atomic E-state index is 0.350. The Kier molecular flexibility index (Phi) is 5.74. The normalized spacial score (nSPS) is 24.7. The molecule has 0 bridgehead atoms. The second kappa shape index (κ2) is 7.42. The van der Waals surface area contributed by atoms with E-state index in [1.807, 2.05) is 4.90 Å². The molecule has 1 saturated heterocycles. The topological polar surface area (TPSA) is 91.3 Å². The van der Waals surface area contributed by atoms with Crippen LogP contribution in [0.2, 0.25) is 0 Å². The molecule has 24 heavy (non-hydrogen) atoms. The molecule has 3 amide bonds. The lowest BCUT2D eigenvalue weighted by Crippen LogP contribution is -2.63. The number of carbonyl (C=O) groups excluding carboxylic acids is 3. The highest BCUT2D eigenvalue weighted by atomic mass is 32.2. The average Bonchev–Trinajstić information content (AvgIpc) is 2.88. The summed E-state index contributed by atoms with van der Waals surface area (Å²) in [6.45, 7) is 6.57.